The van der Waals surface area contributed by atoms with Gasteiger partial charge in [-0.25, -0.2) is 4.99 Å². The van der Waals surface area contributed by atoms with E-state index in [4.69, 9.17) is 11.6 Å². The summed E-state index contributed by atoms with van der Waals surface area (Å²) in [6.45, 7) is 9.99. The monoisotopic (exact) mass is 377 g/mol. The minimum absolute atomic E-state index is 0.0175. The highest BCUT2D eigenvalue weighted by molar-refractivity contribution is 6.30. The molecule has 7 heteroatoms. The lowest BCUT2D eigenvalue weighted by molar-refractivity contribution is -0.127. The van der Waals surface area contributed by atoms with Crippen LogP contribution in [0.15, 0.2) is 35.8 Å². The summed E-state index contributed by atoms with van der Waals surface area (Å²) in [6.07, 6.45) is 1.79. The predicted octanol–water partition coefficient (Wildman–Crippen LogP) is 1.99. The van der Waals surface area contributed by atoms with E-state index in [-0.39, 0.29) is 12.5 Å². The minimum Gasteiger partial charge on any atom is -0.368 e. The van der Waals surface area contributed by atoms with Crippen LogP contribution < -0.4 is 10.2 Å². The molecule has 1 amide bonds. The smallest absolute Gasteiger partial charge is 0.243 e. The number of likely N-dealkylation sites (N-methyl/N-ethyl adjacent to an activating group) is 1. The highest BCUT2D eigenvalue weighted by Crippen LogP contribution is 2.25. The first kappa shape index (κ1) is 20.1. The van der Waals surface area contributed by atoms with Gasteiger partial charge in [0.25, 0.3) is 0 Å². The first-order valence-electron chi connectivity index (χ1n) is 8.77. The van der Waals surface area contributed by atoms with Crippen molar-refractivity contribution in [3.63, 3.8) is 0 Å². The van der Waals surface area contributed by atoms with Crippen LogP contribution in [0.2, 0.25) is 5.02 Å². The van der Waals surface area contributed by atoms with E-state index in [1.165, 1.54) is 11.3 Å². The third-order valence-electron chi connectivity index (χ3n) is 4.36. The van der Waals surface area contributed by atoms with Crippen molar-refractivity contribution in [2.24, 2.45) is 4.99 Å². The van der Waals surface area contributed by atoms with Gasteiger partial charge in [-0.3, -0.25) is 4.79 Å². The molecule has 0 unspecified atom stereocenters. The van der Waals surface area contributed by atoms with Gasteiger partial charge in [0.05, 0.1) is 0 Å². The molecular weight excluding hydrogens is 350 g/mol. The third-order valence-corrected chi connectivity index (χ3v) is 4.59. The number of carbonyl (C=O) groups excluding carboxylic acids is 1. The fraction of sp³-hybridized carbons (Fsp3) is 0.474. The Kier molecular flexibility index (Phi) is 7.33. The predicted molar refractivity (Wildman–Crippen MR) is 109 cm³/mol. The van der Waals surface area contributed by atoms with Crippen LogP contribution in [0.1, 0.15) is 5.56 Å². The van der Waals surface area contributed by atoms with Crippen molar-refractivity contribution in [2.75, 3.05) is 58.3 Å². The van der Waals surface area contributed by atoms with E-state index in [1.807, 2.05) is 12.1 Å². The summed E-state index contributed by atoms with van der Waals surface area (Å²) in [7, 11) is 3.47. The van der Waals surface area contributed by atoms with Crippen LogP contribution >= 0.6 is 11.6 Å². The van der Waals surface area contributed by atoms with Gasteiger partial charge in [-0.1, -0.05) is 23.7 Å². The zero-order valence-electron chi connectivity index (χ0n) is 15.8. The van der Waals surface area contributed by atoms with Gasteiger partial charge in [0.1, 0.15) is 6.54 Å². The van der Waals surface area contributed by atoms with Gasteiger partial charge in [-0.15, -0.1) is 6.58 Å². The van der Waals surface area contributed by atoms with Crippen molar-refractivity contribution >= 4 is 29.2 Å². The molecule has 0 saturated carbocycles. The molecule has 1 saturated heterocycles. The number of carbonyl (C=O) groups is 1. The van der Waals surface area contributed by atoms with Crippen molar-refractivity contribution in [3.8, 4) is 0 Å². The summed E-state index contributed by atoms with van der Waals surface area (Å²) in [6, 6.07) is 5.99. The summed E-state index contributed by atoms with van der Waals surface area (Å²) in [5.41, 5.74) is 2.40. The Morgan fingerprint density at radius 2 is 2.04 bits per heavy atom. The lowest BCUT2D eigenvalue weighted by atomic mass is 10.1. The van der Waals surface area contributed by atoms with Crippen LogP contribution in [0.3, 0.4) is 0 Å². The van der Waals surface area contributed by atoms with Gasteiger partial charge >= 0.3 is 0 Å². The quantitative estimate of drug-likeness (QED) is 0.484. The molecule has 1 fully saturated rings. The maximum Gasteiger partial charge on any atom is 0.243 e. The Morgan fingerprint density at radius 3 is 2.65 bits per heavy atom. The number of aliphatic imine (C=N–C) groups is 1. The maximum atomic E-state index is 11.8. The SMILES string of the molecule is C=CCNC(=NCC(=O)N(C)C)N1CCN(c2cc(Cl)ccc2C)CC1. The lowest BCUT2D eigenvalue weighted by Crippen LogP contribution is -2.53. The number of hydrogen-bond donors (Lipinski definition) is 1. The van der Waals surface area contributed by atoms with Gasteiger partial charge in [0, 0.05) is 57.5 Å². The second kappa shape index (κ2) is 9.48. The molecule has 1 N–H and O–H groups in total. The molecule has 1 aliphatic rings. The van der Waals surface area contributed by atoms with Gasteiger partial charge in [-0.05, 0) is 24.6 Å². The molecule has 2 rings (SSSR count). The van der Waals surface area contributed by atoms with Crippen LogP contribution in [0.5, 0.6) is 0 Å². The van der Waals surface area contributed by atoms with Crippen molar-refractivity contribution in [1.29, 1.82) is 0 Å². The lowest BCUT2D eigenvalue weighted by Gasteiger charge is -2.38. The topological polar surface area (TPSA) is 51.2 Å². The van der Waals surface area contributed by atoms with E-state index >= 15 is 0 Å². The zero-order chi connectivity index (χ0) is 19.1. The maximum absolute atomic E-state index is 11.8. The highest BCUT2D eigenvalue weighted by atomic mass is 35.5. The number of nitrogens with one attached hydrogen (secondary N) is 1. The largest absolute Gasteiger partial charge is 0.368 e. The van der Waals surface area contributed by atoms with Gasteiger partial charge < -0.3 is 20.0 Å². The number of hydrogen-bond acceptors (Lipinski definition) is 3. The summed E-state index contributed by atoms with van der Waals surface area (Å²) >= 11 is 6.16. The van der Waals surface area contributed by atoms with Crippen LogP contribution in [0.4, 0.5) is 5.69 Å². The van der Waals surface area contributed by atoms with Gasteiger partial charge in [-0.2, -0.15) is 0 Å². The van der Waals surface area contributed by atoms with Crippen LogP contribution in [-0.2, 0) is 4.79 Å². The average molecular weight is 378 g/mol. The molecule has 142 valence electrons. The molecule has 1 heterocycles. The molecule has 1 aromatic rings. The van der Waals surface area contributed by atoms with E-state index in [9.17, 15) is 4.79 Å². The zero-order valence-corrected chi connectivity index (χ0v) is 16.6. The van der Waals surface area contributed by atoms with Crippen molar-refractivity contribution in [2.45, 2.75) is 6.92 Å². The fourth-order valence-corrected chi connectivity index (χ4v) is 2.96. The van der Waals surface area contributed by atoms with Crippen molar-refractivity contribution in [3.05, 3.63) is 41.4 Å². The Balaban J connectivity index is 2.03. The molecular formula is C19H28ClN5O. The molecule has 6 nitrogen and oxygen atoms in total. The number of aryl methyl sites for hydroxylation is 1. The van der Waals surface area contributed by atoms with E-state index in [2.05, 4.69) is 39.7 Å². The van der Waals surface area contributed by atoms with E-state index < -0.39 is 0 Å². The first-order chi connectivity index (χ1) is 12.4. The summed E-state index contributed by atoms with van der Waals surface area (Å²) in [5.74, 6) is 0.735. The van der Waals surface area contributed by atoms with E-state index in [0.29, 0.717) is 6.54 Å². The Hall–Kier alpha value is -2.21. The van der Waals surface area contributed by atoms with Crippen LogP contribution in [0.25, 0.3) is 0 Å². The van der Waals surface area contributed by atoms with E-state index in [0.717, 1.165) is 37.2 Å². The second-order valence-corrected chi connectivity index (χ2v) is 6.94. The van der Waals surface area contributed by atoms with Crippen molar-refractivity contribution in [1.82, 2.24) is 15.1 Å². The molecule has 1 aliphatic heterocycles. The third kappa shape index (κ3) is 5.39. The Bertz CT molecular complexity index is 666. The average Bonchev–Trinajstić information content (AvgIpc) is 2.63. The van der Waals surface area contributed by atoms with Gasteiger partial charge in [0.2, 0.25) is 5.91 Å². The van der Waals surface area contributed by atoms with Crippen LogP contribution in [0, 0.1) is 6.92 Å². The number of piperazine rings is 1. The second-order valence-electron chi connectivity index (χ2n) is 6.50. The van der Waals surface area contributed by atoms with Crippen LogP contribution in [-0.4, -0.2) is 75.0 Å². The normalized spacial score (nSPS) is 15.0. The number of anilines is 1. The number of nitrogens with zero attached hydrogens (tertiary/aromatic N) is 4. The number of benzene rings is 1. The number of rotatable bonds is 5. The molecule has 0 spiro atoms. The van der Waals surface area contributed by atoms with Gasteiger partial charge in [0.15, 0.2) is 5.96 Å². The summed E-state index contributed by atoms with van der Waals surface area (Å²) < 4.78 is 0. The number of guanidine groups is 1. The molecule has 0 aliphatic carbocycles. The first-order valence-corrected chi connectivity index (χ1v) is 9.15. The number of amides is 1. The Labute approximate surface area is 161 Å². The molecule has 1 aromatic carbocycles. The standard InChI is InChI=1S/C19H28ClN5O/c1-5-8-21-19(22-14-18(26)23(3)4)25-11-9-24(10-12-25)17-13-16(20)7-6-15(17)2/h5-7,13H,1,8-12,14H2,2-4H3,(H,21,22). The Morgan fingerprint density at radius 1 is 1.35 bits per heavy atom. The fourth-order valence-electron chi connectivity index (χ4n) is 2.80. The molecule has 0 aromatic heterocycles. The minimum atomic E-state index is -0.0175. The molecule has 0 bridgehead atoms. The molecule has 0 radical (unpaired) electrons. The summed E-state index contributed by atoms with van der Waals surface area (Å²) in [4.78, 5) is 22.4. The van der Waals surface area contributed by atoms with Crippen molar-refractivity contribution < 1.29 is 4.79 Å². The molecule has 0 atom stereocenters. The summed E-state index contributed by atoms with van der Waals surface area (Å²) in [5, 5.41) is 4.01. The van der Waals surface area contributed by atoms with E-state index in [1.54, 1.807) is 25.1 Å². The highest BCUT2D eigenvalue weighted by Gasteiger charge is 2.21. The molecule has 26 heavy (non-hydrogen) atoms. The number of halogens is 1.